The van der Waals surface area contributed by atoms with Crippen molar-refractivity contribution in [2.45, 2.75) is 13.3 Å². The third-order valence-electron chi connectivity index (χ3n) is 1.54. The minimum atomic E-state index is -0.351. The smallest absolute Gasteiger partial charge is 0.283 e. The van der Waals surface area contributed by atoms with Gasteiger partial charge in [-0.1, -0.05) is 11.6 Å². The molecular formula is C7H9ClN2O2. The summed E-state index contributed by atoms with van der Waals surface area (Å²) in [5.74, 6) is -0.0218. The predicted molar refractivity (Wildman–Crippen MR) is 45.4 cm³/mol. The van der Waals surface area contributed by atoms with Crippen molar-refractivity contribution in [2.24, 2.45) is 7.05 Å². The zero-order valence-corrected chi connectivity index (χ0v) is 7.60. The molecule has 0 atom stereocenters. The molecule has 1 rings (SSSR count). The van der Waals surface area contributed by atoms with Crippen LogP contribution in [0.5, 0.6) is 0 Å². The number of hydrogen-bond donors (Lipinski definition) is 1. The first kappa shape index (κ1) is 9.06. The molecule has 0 unspecified atom stereocenters. The van der Waals surface area contributed by atoms with E-state index in [9.17, 15) is 9.59 Å². The number of aromatic nitrogens is 2. The fourth-order valence-electron chi connectivity index (χ4n) is 0.979. The summed E-state index contributed by atoms with van der Waals surface area (Å²) in [6, 6.07) is 0. The number of Topliss-reactive ketones (excluding diaryl/α,β-unsaturated/α-hetero) is 1. The van der Waals surface area contributed by atoms with E-state index in [4.69, 9.17) is 11.6 Å². The van der Waals surface area contributed by atoms with Gasteiger partial charge in [-0.2, -0.15) is 0 Å². The largest absolute Gasteiger partial charge is 0.300 e. The number of ketones is 1. The predicted octanol–water partition coefficient (Wildman–Crippen LogP) is 0.498. The van der Waals surface area contributed by atoms with E-state index in [1.165, 1.54) is 11.6 Å². The standard InChI is InChI=1S/C7H9ClN2O2/c1-4(11)3-5-6(8)7(12)9-10(5)2/h3H2,1-2H3,(H,9,12). The van der Waals surface area contributed by atoms with Gasteiger partial charge in [0.05, 0.1) is 5.69 Å². The summed E-state index contributed by atoms with van der Waals surface area (Å²) in [5, 5.41) is 2.56. The van der Waals surface area contributed by atoms with Crippen LogP contribution in [-0.4, -0.2) is 15.6 Å². The summed E-state index contributed by atoms with van der Waals surface area (Å²) in [6.45, 7) is 1.45. The lowest BCUT2D eigenvalue weighted by molar-refractivity contribution is -0.116. The molecule has 0 aliphatic carbocycles. The zero-order chi connectivity index (χ0) is 9.30. The third-order valence-corrected chi connectivity index (χ3v) is 1.93. The zero-order valence-electron chi connectivity index (χ0n) is 6.85. The molecule has 0 aliphatic heterocycles. The Hall–Kier alpha value is -1.03. The van der Waals surface area contributed by atoms with Crippen LogP contribution in [0.25, 0.3) is 0 Å². The molecule has 0 saturated carbocycles. The Bertz CT molecular complexity index is 364. The van der Waals surface area contributed by atoms with Crippen molar-refractivity contribution in [2.75, 3.05) is 0 Å². The Balaban J connectivity index is 3.14. The number of rotatable bonds is 2. The lowest BCUT2D eigenvalue weighted by Gasteiger charge is -1.98. The van der Waals surface area contributed by atoms with Gasteiger partial charge in [0.1, 0.15) is 10.8 Å². The van der Waals surface area contributed by atoms with E-state index in [1.54, 1.807) is 7.05 Å². The van der Waals surface area contributed by atoms with Crippen molar-refractivity contribution >= 4 is 17.4 Å². The SMILES string of the molecule is CC(=O)Cc1c(Cl)c(=O)[nH]n1C. The van der Waals surface area contributed by atoms with Crippen LogP contribution in [-0.2, 0) is 18.3 Å². The number of hydrogen-bond acceptors (Lipinski definition) is 2. The van der Waals surface area contributed by atoms with Gasteiger partial charge in [-0.25, -0.2) is 0 Å². The molecule has 0 fully saturated rings. The van der Waals surface area contributed by atoms with Gasteiger partial charge >= 0.3 is 0 Å². The lowest BCUT2D eigenvalue weighted by atomic mass is 10.2. The topological polar surface area (TPSA) is 54.9 Å². The minimum absolute atomic E-state index is 0.0218. The molecule has 0 spiro atoms. The molecule has 0 saturated heterocycles. The quantitative estimate of drug-likeness (QED) is 0.735. The number of nitrogens with zero attached hydrogens (tertiary/aromatic N) is 1. The van der Waals surface area contributed by atoms with E-state index in [2.05, 4.69) is 5.10 Å². The summed E-state index contributed by atoms with van der Waals surface area (Å²) in [6.07, 6.45) is 0.189. The fraction of sp³-hybridized carbons (Fsp3) is 0.429. The fourth-order valence-corrected chi connectivity index (χ4v) is 1.22. The summed E-state index contributed by atoms with van der Waals surface area (Å²) >= 11 is 5.64. The van der Waals surface area contributed by atoms with Crippen LogP contribution in [0.3, 0.4) is 0 Å². The molecule has 0 aromatic carbocycles. The van der Waals surface area contributed by atoms with Crippen molar-refractivity contribution in [3.05, 3.63) is 21.1 Å². The number of H-pyrrole nitrogens is 1. The monoisotopic (exact) mass is 188 g/mol. The first-order chi connectivity index (χ1) is 5.52. The second-order valence-electron chi connectivity index (χ2n) is 2.64. The lowest BCUT2D eigenvalue weighted by Crippen LogP contribution is -2.04. The maximum absolute atomic E-state index is 10.9. The number of carbonyl (C=O) groups is 1. The molecule has 0 bridgehead atoms. The third kappa shape index (κ3) is 1.58. The van der Waals surface area contributed by atoms with Gasteiger partial charge in [-0.15, -0.1) is 0 Å². The Labute approximate surface area is 74.1 Å². The number of nitrogens with one attached hydrogen (secondary N) is 1. The van der Waals surface area contributed by atoms with E-state index >= 15 is 0 Å². The highest BCUT2D eigenvalue weighted by molar-refractivity contribution is 6.31. The summed E-state index contributed by atoms with van der Waals surface area (Å²) < 4.78 is 1.46. The molecule has 5 heteroatoms. The summed E-state index contributed by atoms with van der Waals surface area (Å²) in [4.78, 5) is 21.7. The second kappa shape index (κ2) is 3.15. The van der Waals surface area contributed by atoms with Crippen molar-refractivity contribution in [1.29, 1.82) is 0 Å². The Morgan fingerprint density at radius 3 is 2.58 bits per heavy atom. The normalized spacial score (nSPS) is 10.2. The molecule has 12 heavy (non-hydrogen) atoms. The molecular weight excluding hydrogens is 180 g/mol. The van der Waals surface area contributed by atoms with Crippen LogP contribution in [0.15, 0.2) is 4.79 Å². The number of aromatic amines is 1. The Kier molecular flexibility index (Phi) is 2.38. The van der Waals surface area contributed by atoms with Crippen molar-refractivity contribution in [1.82, 2.24) is 9.78 Å². The Morgan fingerprint density at radius 1 is 1.67 bits per heavy atom. The average molecular weight is 189 g/mol. The van der Waals surface area contributed by atoms with Crippen LogP contribution >= 0.6 is 11.6 Å². The maximum Gasteiger partial charge on any atom is 0.283 e. The van der Waals surface area contributed by atoms with Crippen LogP contribution in [0.4, 0.5) is 0 Å². The molecule has 1 aromatic rings. The molecule has 4 nitrogen and oxygen atoms in total. The van der Waals surface area contributed by atoms with Crippen molar-refractivity contribution in [3.8, 4) is 0 Å². The maximum atomic E-state index is 10.9. The number of halogens is 1. The van der Waals surface area contributed by atoms with Crippen LogP contribution in [0.2, 0.25) is 5.02 Å². The van der Waals surface area contributed by atoms with Gasteiger partial charge in [0.15, 0.2) is 0 Å². The van der Waals surface area contributed by atoms with Gasteiger partial charge in [0.2, 0.25) is 0 Å². The molecule has 0 aliphatic rings. The second-order valence-corrected chi connectivity index (χ2v) is 3.02. The molecule has 0 radical (unpaired) electrons. The first-order valence-electron chi connectivity index (χ1n) is 3.45. The molecule has 1 N–H and O–H groups in total. The van der Waals surface area contributed by atoms with Gasteiger partial charge in [0, 0.05) is 13.5 Å². The Morgan fingerprint density at radius 2 is 2.25 bits per heavy atom. The number of carbonyl (C=O) groups excluding carboxylic acids is 1. The first-order valence-corrected chi connectivity index (χ1v) is 3.83. The van der Waals surface area contributed by atoms with Crippen LogP contribution in [0, 0.1) is 0 Å². The average Bonchev–Trinajstić information content (AvgIpc) is 2.16. The molecule has 1 aromatic heterocycles. The van der Waals surface area contributed by atoms with E-state index in [0.717, 1.165) is 0 Å². The summed E-state index contributed by atoms with van der Waals surface area (Å²) in [5.41, 5.74) is 0.185. The number of aryl methyl sites for hydroxylation is 1. The van der Waals surface area contributed by atoms with E-state index in [0.29, 0.717) is 5.69 Å². The van der Waals surface area contributed by atoms with E-state index in [-0.39, 0.29) is 22.8 Å². The molecule has 1 heterocycles. The van der Waals surface area contributed by atoms with E-state index in [1.807, 2.05) is 0 Å². The minimum Gasteiger partial charge on any atom is -0.300 e. The van der Waals surface area contributed by atoms with Crippen molar-refractivity contribution < 1.29 is 4.79 Å². The van der Waals surface area contributed by atoms with Gasteiger partial charge in [-0.05, 0) is 6.92 Å². The van der Waals surface area contributed by atoms with E-state index < -0.39 is 0 Å². The van der Waals surface area contributed by atoms with Crippen LogP contribution in [0.1, 0.15) is 12.6 Å². The summed E-state index contributed by atoms with van der Waals surface area (Å²) in [7, 11) is 1.64. The van der Waals surface area contributed by atoms with Gasteiger partial charge in [-0.3, -0.25) is 19.4 Å². The van der Waals surface area contributed by atoms with Crippen molar-refractivity contribution in [3.63, 3.8) is 0 Å². The van der Waals surface area contributed by atoms with Gasteiger partial charge in [0.25, 0.3) is 5.56 Å². The highest BCUT2D eigenvalue weighted by Crippen LogP contribution is 2.09. The molecule has 0 amide bonds. The highest BCUT2D eigenvalue weighted by Gasteiger charge is 2.11. The molecule has 66 valence electrons. The highest BCUT2D eigenvalue weighted by atomic mass is 35.5. The van der Waals surface area contributed by atoms with Gasteiger partial charge < -0.3 is 0 Å². The van der Waals surface area contributed by atoms with Crippen LogP contribution < -0.4 is 5.56 Å².